The van der Waals surface area contributed by atoms with Gasteiger partial charge in [0.1, 0.15) is 12.4 Å². The Kier molecular flexibility index (Phi) is 6.09. The lowest BCUT2D eigenvalue weighted by atomic mass is 10.0. The fourth-order valence-electron chi connectivity index (χ4n) is 1.86. The summed E-state index contributed by atoms with van der Waals surface area (Å²) in [6.45, 7) is 4.01. The highest BCUT2D eigenvalue weighted by molar-refractivity contribution is 9.09. The van der Waals surface area contributed by atoms with Gasteiger partial charge in [-0.2, -0.15) is 0 Å². The lowest BCUT2D eigenvalue weighted by Crippen LogP contribution is -2.07. The maximum atomic E-state index is 5.62. The van der Waals surface area contributed by atoms with E-state index < -0.39 is 0 Å². The summed E-state index contributed by atoms with van der Waals surface area (Å²) in [5.74, 6) is 0.878. The Morgan fingerprint density at radius 1 is 0.800 bits per heavy atom. The van der Waals surface area contributed by atoms with Crippen LogP contribution in [0.15, 0.2) is 48.5 Å². The van der Waals surface area contributed by atoms with Crippen LogP contribution >= 0.6 is 15.9 Å². The molecule has 0 amide bonds. The maximum absolute atomic E-state index is 5.62. The number of hydrogen-bond acceptors (Lipinski definition) is 2. The van der Waals surface area contributed by atoms with Gasteiger partial charge in [-0.15, -0.1) is 0 Å². The van der Waals surface area contributed by atoms with Gasteiger partial charge in [0.25, 0.3) is 0 Å². The zero-order chi connectivity index (χ0) is 14.2. The highest BCUT2D eigenvalue weighted by Gasteiger charge is 1.99. The molecule has 0 unspecified atom stereocenters. The molecule has 20 heavy (non-hydrogen) atoms. The van der Waals surface area contributed by atoms with Gasteiger partial charge in [-0.05, 0) is 30.2 Å². The van der Waals surface area contributed by atoms with Crippen molar-refractivity contribution in [2.75, 3.05) is 25.2 Å². The molecule has 106 valence electrons. The van der Waals surface area contributed by atoms with E-state index in [0.717, 1.165) is 17.7 Å². The van der Waals surface area contributed by atoms with Crippen molar-refractivity contribution in [3.8, 4) is 16.9 Å². The lowest BCUT2D eigenvalue weighted by Gasteiger charge is -2.08. The highest BCUT2D eigenvalue weighted by Crippen LogP contribution is 2.22. The topological polar surface area (TPSA) is 18.5 Å². The molecule has 2 nitrogen and oxygen atoms in total. The molecular formula is C17H19BrO2. The van der Waals surface area contributed by atoms with Gasteiger partial charge >= 0.3 is 0 Å². The molecule has 3 heteroatoms. The van der Waals surface area contributed by atoms with E-state index in [9.17, 15) is 0 Å². The van der Waals surface area contributed by atoms with E-state index in [2.05, 4.69) is 59.3 Å². The van der Waals surface area contributed by atoms with Crippen molar-refractivity contribution in [2.45, 2.75) is 6.92 Å². The van der Waals surface area contributed by atoms with E-state index in [1.807, 2.05) is 12.1 Å². The maximum Gasteiger partial charge on any atom is 0.119 e. The Morgan fingerprint density at radius 2 is 1.40 bits per heavy atom. The molecule has 0 spiro atoms. The van der Waals surface area contributed by atoms with Gasteiger partial charge in [-0.3, -0.25) is 0 Å². The van der Waals surface area contributed by atoms with Crippen molar-refractivity contribution in [2.24, 2.45) is 0 Å². The monoisotopic (exact) mass is 334 g/mol. The average molecular weight is 335 g/mol. The molecule has 0 aliphatic rings. The molecular weight excluding hydrogens is 316 g/mol. The summed E-state index contributed by atoms with van der Waals surface area (Å²) in [7, 11) is 0. The third kappa shape index (κ3) is 4.66. The minimum Gasteiger partial charge on any atom is -0.491 e. The van der Waals surface area contributed by atoms with Gasteiger partial charge in [0, 0.05) is 5.33 Å². The summed E-state index contributed by atoms with van der Waals surface area (Å²) in [4.78, 5) is 0. The Labute approximate surface area is 128 Å². The first kappa shape index (κ1) is 15.1. The van der Waals surface area contributed by atoms with Gasteiger partial charge in [0.05, 0.1) is 13.2 Å². The molecule has 0 aliphatic heterocycles. The predicted octanol–water partition coefficient (Wildman–Crippen LogP) is 4.45. The van der Waals surface area contributed by atoms with E-state index in [-0.39, 0.29) is 0 Å². The molecule has 0 atom stereocenters. The van der Waals surface area contributed by atoms with E-state index in [1.165, 1.54) is 16.7 Å². The minimum absolute atomic E-state index is 0.580. The zero-order valence-corrected chi connectivity index (χ0v) is 13.2. The molecule has 2 aromatic rings. The third-order valence-corrected chi connectivity index (χ3v) is 3.28. The Balaban J connectivity index is 1.88. The second kappa shape index (κ2) is 8.08. The number of rotatable bonds is 7. The predicted molar refractivity (Wildman–Crippen MR) is 86.7 cm³/mol. The lowest BCUT2D eigenvalue weighted by molar-refractivity contribution is 0.112. The second-order valence-corrected chi connectivity index (χ2v) is 5.33. The molecule has 0 saturated heterocycles. The third-order valence-electron chi connectivity index (χ3n) is 2.96. The van der Waals surface area contributed by atoms with Crippen LogP contribution < -0.4 is 4.74 Å². The first-order valence-electron chi connectivity index (χ1n) is 6.73. The smallest absolute Gasteiger partial charge is 0.119 e. The van der Waals surface area contributed by atoms with Crippen LogP contribution in [0.2, 0.25) is 0 Å². The number of halogens is 1. The first-order chi connectivity index (χ1) is 9.79. The molecule has 0 aromatic heterocycles. The van der Waals surface area contributed by atoms with E-state index in [0.29, 0.717) is 13.2 Å². The Bertz CT molecular complexity index is 506. The van der Waals surface area contributed by atoms with E-state index in [4.69, 9.17) is 9.47 Å². The number of hydrogen-bond donors (Lipinski definition) is 0. The zero-order valence-electron chi connectivity index (χ0n) is 11.6. The largest absolute Gasteiger partial charge is 0.491 e. The van der Waals surface area contributed by atoms with E-state index in [1.54, 1.807) is 0 Å². The van der Waals surface area contributed by atoms with Crippen LogP contribution in [-0.2, 0) is 4.74 Å². The van der Waals surface area contributed by atoms with Crippen molar-refractivity contribution in [1.29, 1.82) is 0 Å². The van der Waals surface area contributed by atoms with Gasteiger partial charge in [-0.1, -0.05) is 57.9 Å². The molecule has 0 heterocycles. The second-order valence-electron chi connectivity index (χ2n) is 4.54. The van der Waals surface area contributed by atoms with Crippen LogP contribution in [0.4, 0.5) is 0 Å². The van der Waals surface area contributed by atoms with Crippen molar-refractivity contribution < 1.29 is 9.47 Å². The summed E-state index contributed by atoms with van der Waals surface area (Å²) < 4.78 is 11.0. The molecule has 0 aliphatic carbocycles. The van der Waals surface area contributed by atoms with Gasteiger partial charge < -0.3 is 9.47 Å². The Morgan fingerprint density at radius 3 is 2.00 bits per heavy atom. The SMILES string of the molecule is Cc1ccc(-c2ccc(OCCOCCBr)cc2)cc1. The quantitative estimate of drug-likeness (QED) is 0.550. The summed E-state index contributed by atoms with van der Waals surface area (Å²) in [5.41, 5.74) is 3.70. The summed E-state index contributed by atoms with van der Waals surface area (Å²) in [6.07, 6.45) is 0. The number of ether oxygens (including phenoxy) is 2. The number of alkyl halides is 1. The van der Waals surface area contributed by atoms with Crippen LogP contribution in [0.1, 0.15) is 5.56 Å². The van der Waals surface area contributed by atoms with E-state index >= 15 is 0 Å². The van der Waals surface area contributed by atoms with Crippen LogP contribution in [0.25, 0.3) is 11.1 Å². The van der Waals surface area contributed by atoms with Crippen LogP contribution in [0.5, 0.6) is 5.75 Å². The van der Waals surface area contributed by atoms with Crippen molar-refractivity contribution in [1.82, 2.24) is 0 Å². The molecule has 0 radical (unpaired) electrons. The molecule has 0 saturated carbocycles. The van der Waals surface area contributed by atoms with Crippen molar-refractivity contribution >= 4 is 15.9 Å². The molecule has 0 fully saturated rings. The van der Waals surface area contributed by atoms with Crippen LogP contribution in [0.3, 0.4) is 0 Å². The van der Waals surface area contributed by atoms with Crippen LogP contribution in [0, 0.1) is 6.92 Å². The summed E-state index contributed by atoms with van der Waals surface area (Å²) >= 11 is 3.32. The summed E-state index contributed by atoms with van der Waals surface area (Å²) in [5, 5.41) is 0.859. The molecule has 0 bridgehead atoms. The first-order valence-corrected chi connectivity index (χ1v) is 7.85. The molecule has 2 rings (SSSR count). The molecule has 2 aromatic carbocycles. The van der Waals surface area contributed by atoms with Crippen molar-refractivity contribution in [3.05, 3.63) is 54.1 Å². The normalized spacial score (nSPS) is 10.5. The fourth-order valence-corrected chi connectivity index (χ4v) is 2.09. The van der Waals surface area contributed by atoms with Crippen LogP contribution in [-0.4, -0.2) is 25.2 Å². The number of aryl methyl sites for hydroxylation is 1. The fraction of sp³-hybridized carbons (Fsp3) is 0.294. The summed E-state index contributed by atoms with van der Waals surface area (Å²) in [6, 6.07) is 16.7. The average Bonchev–Trinajstić information content (AvgIpc) is 2.49. The van der Waals surface area contributed by atoms with Gasteiger partial charge in [0.15, 0.2) is 0 Å². The molecule has 0 N–H and O–H groups in total. The Hall–Kier alpha value is -1.32. The minimum atomic E-state index is 0.580. The highest BCUT2D eigenvalue weighted by atomic mass is 79.9. The van der Waals surface area contributed by atoms with Gasteiger partial charge in [-0.25, -0.2) is 0 Å². The number of benzene rings is 2. The van der Waals surface area contributed by atoms with Crippen molar-refractivity contribution in [3.63, 3.8) is 0 Å². The standard InChI is InChI=1S/C17H19BrO2/c1-14-2-4-15(5-3-14)16-6-8-17(9-7-16)20-13-12-19-11-10-18/h2-9H,10-13H2,1H3. The van der Waals surface area contributed by atoms with Gasteiger partial charge in [0.2, 0.25) is 0 Å².